The summed E-state index contributed by atoms with van der Waals surface area (Å²) in [6.07, 6.45) is 3.71. The predicted octanol–water partition coefficient (Wildman–Crippen LogP) is 4.49. The molecule has 19 heavy (non-hydrogen) atoms. The van der Waals surface area contributed by atoms with Crippen molar-refractivity contribution >= 4 is 23.2 Å². The van der Waals surface area contributed by atoms with Gasteiger partial charge in [-0.05, 0) is 43.9 Å². The number of likely N-dealkylation sites (tertiary alicyclic amines) is 1. The second-order valence-electron chi connectivity index (χ2n) is 5.32. The number of hydrogen-bond donors (Lipinski definition) is 0. The minimum Gasteiger partial charge on any atom is -0.492 e. The van der Waals surface area contributed by atoms with Gasteiger partial charge in [0.2, 0.25) is 0 Å². The zero-order chi connectivity index (χ0) is 13.7. The number of nitrogens with zero attached hydrogens (tertiary/aromatic N) is 1. The minimum absolute atomic E-state index is 0.621. The van der Waals surface area contributed by atoms with Crippen LogP contribution in [0.1, 0.15) is 26.2 Å². The van der Waals surface area contributed by atoms with Crippen LogP contribution in [0.2, 0.25) is 10.0 Å². The summed E-state index contributed by atoms with van der Waals surface area (Å²) in [5.74, 6) is 1.51. The van der Waals surface area contributed by atoms with Gasteiger partial charge < -0.3 is 9.64 Å². The van der Waals surface area contributed by atoms with Gasteiger partial charge in [0.25, 0.3) is 0 Å². The van der Waals surface area contributed by atoms with E-state index in [0.717, 1.165) is 18.9 Å². The van der Waals surface area contributed by atoms with E-state index in [0.29, 0.717) is 22.4 Å². The van der Waals surface area contributed by atoms with Crippen LogP contribution in [-0.4, -0.2) is 31.1 Å². The Hall–Kier alpha value is -0.440. The Morgan fingerprint density at radius 3 is 3.00 bits per heavy atom. The molecule has 2 nitrogen and oxygen atoms in total. The minimum atomic E-state index is 0.621. The zero-order valence-electron chi connectivity index (χ0n) is 11.4. The quantitative estimate of drug-likeness (QED) is 0.743. The lowest BCUT2D eigenvalue weighted by Crippen LogP contribution is -2.35. The highest BCUT2D eigenvalue weighted by Gasteiger charge is 2.15. The molecule has 1 atom stereocenters. The van der Waals surface area contributed by atoms with E-state index >= 15 is 0 Å². The molecule has 0 N–H and O–H groups in total. The standard InChI is InChI=1S/C15H21Cl2NO/c1-12-4-2-7-18(11-12)8-3-9-19-15-10-13(16)5-6-14(15)17/h5-6,10,12H,2-4,7-9,11H2,1H3/t12-/m0/s1. The van der Waals surface area contributed by atoms with Crippen LogP contribution in [0.5, 0.6) is 5.75 Å². The topological polar surface area (TPSA) is 12.5 Å². The number of halogens is 2. The van der Waals surface area contributed by atoms with Crippen molar-refractivity contribution in [2.45, 2.75) is 26.2 Å². The third-order valence-corrected chi connectivity index (χ3v) is 4.06. The van der Waals surface area contributed by atoms with Crippen LogP contribution in [0.4, 0.5) is 0 Å². The van der Waals surface area contributed by atoms with E-state index < -0.39 is 0 Å². The summed E-state index contributed by atoms with van der Waals surface area (Å²) in [5, 5.41) is 1.28. The molecule has 2 rings (SSSR count). The molecule has 0 spiro atoms. The molecule has 1 aliphatic heterocycles. The third kappa shape index (κ3) is 4.87. The molecule has 1 fully saturated rings. The maximum Gasteiger partial charge on any atom is 0.139 e. The number of benzene rings is 1. The summed E-state index contributed by atoms with van der Waals surface area (Å²) < 4.78 is 5.69. The molecule has 0 aromatic heterocycles. The Labute approximate surface area is 125 Å². The van der Waals surface area contributed by atoms with Gasteiger partial charge in [0.05, 0.1) is 11.6 Å². The molecule has 0 bridgehead atoms. The highest BCUT2D eigenvalue weighted by atomic mass is 35.5. The summed E-state index contributed by atoms with van der Waals surface area (Å²) in [6.45, 7) is 6.56. The molecule has 106 valence electrons. The summed E-state index contributed by atoms with van der Waals surface area (Å²) in [6, 6.07) is 5.31. The lowest BCUT2D eigenvalue weighted by atomic mass is 10.0. The predicted molar refractivity (Wildman–Crippen MR) is 81.4 cm³/mol. The molecule has 1 aromatic carbocycles. The van der Waals surface area contributed by atoms with Crippen LogP contribution in [-0.2, 0) is 0 Å². The largest absolute Gasteiger partial charge is 0.492 e. The van der Waals surface area contributed by atoms with Gasteiger partial charge in [0, 0.05) is 24.2 Å². The van der Waals surface area contributed by atoms with Crippen molar-refractivity contribution in [1.29, 1.82) is 0 Å². The molecule has 0 unspecified atom stereocenters. The fourth-order valence-corrected chi connectivity index (χ4v) is 2.88. The third-order valence-electron chi connectivity index (χ3n) is 3.51. The van der Waals surface area contributed by atoms with E-state index in [-0.39, 0.29) is 0 Å². The monoisotopic (exact) mass is 301 g/mol. The number of hydrogen-bond acceptors (Lipinski definition) is 2. The fraction of sp³-hybridized carbons (Fsp3) is 0.600. The Morgan fingerprint density at radius 2 is 2.21 bits per heavy atom. The number of ether oxygens (including phenoxy) is 1. The highest BCUT2D eigenvalue weighted by molar-refractivity contribution is 6.34. The first kappa shape index (κ1) is 15.0. The van der Waals surface area contributed by atoms with Crippen LogP contribution in [0.25, 0.3) is 0 Å². The molecule has 1 aromatic rings. The van der Waals surface area contributed by atoms with E-state index in [1.54, 1.807) is 18.2 Å². The zero-order valence-corrected chi connectivity index (χ0v) is 12.9. The summed E-state index contributed by atoms with van der Waals surface area (Å²) in [4.78, 5) is 2.52. The number of piperidine rings is 1. The maximum absolute atomic E-state index is 6.05. The van der Waals surface area contributed by atoms with Crippen molar-refractivity contribution in [2.24, 2.45) is 5.92 Å². The van der Waals surface area contributed by atoms with E-state index in [1.807, 2.05) is 0 Å². The van der Waals surface area contributed by atoms with Crippen molar-refractivity contribution in [3.63, 3.8) is 0 Å². The average molecular weight is 302 g/mol. The Balaban J connectivity index is 1.70. The highest BCUT2D eigenvalue weighted by Crippen LogP contribution is 2.27. The maximum atomic E-state index is 6.05. The lowest BCUT2D eigenvalue weighted by Gasteiger charge is -2.30. The SMILES string of the molecule is C[C@H]1CCCN(CCCOc2cc(Cl)ccc2Cl)C1. The van der Waals surface area contributed by atoms with Gasteiger partial charge in [-0.15, -0.1) is 0 Å². The van der Waals surface area contributed by atoms with Crippen molar-refractivity contribution in [2.75, 3.05) is 26.2 Å². The van der Waals surface area contributed by atoms with Crippen molar-refractivity contribution in [1.82, 2.24) is 4.90 Å². The van der Waals surface area contributed by atoms with Gasteiger partial charge in [0.15, 0.2) is 0 Å². The lowest BCUT2D eigenvalue weighted by molar-refractivity contribution is 0.170. The smallest absolute Gasteiger partial charge is 0.139 e. The van der Waals surface area contributed by atoms with Crippen LogP contribution < -0.4 is 4.74 Å². The van der Waals surface area contributed by atoms with Crippen LogP contribution in [0.15, 0.2) is 18.2 Å². The molecule has 1 aliphatic rings. The van der Waals surface area contributed by atoms with Crippen molar-refractivity contribution < 1.29 is 4.74 Å². The molecule has 1 heterocycles. The van der Waals surface area contributed by atoms with Gasteiger partial charge in [-0.2, -0.15) is 0 Å². The van der Waals surface area contributed by atoms with Crippen molar-refractivity contribution in [3.05, 3.63) is 28.2 Å². The average Bonchev–Trinajstić information content (AvgIpc) is 2.39. The Morgan fingerprint density at radius 1 is 1.37 bits per heavy atom. The van der Waals surface area contributed by atoms with Crippen LogP contribution >= 0.6 is 23.2 Å². The van der Waals surface area contributed by atoms with Crippen LogP contribution in [0.3, 0.4) is 0 Å². The van der Waals surface area contributed by atoms with E-state index in [9.17, 15) is 0 Å². The molecular formula is C15H21Cl2NO. The molecule has 1 saturated heterocycles. The molecular weight excluding hydrogens is 281 g/mol. The molecule has 0 aliphatic carbocycles. The van der Waals surface area contributed by atoms with Gasteiger partial charge in [-0.3, -0.25) is 0 Å². The first-order chi connectivity index (χ1) is 9.15. The van der Waals surface area contributed by atoms with Gasteiger partial charge >= 0.3 is 0 Å². The second kappa shape index (κ2) is 7.37. The molecule has 0 amide bonds. The summed E-state index contributed by atoms with van der Waals surface area (Å²) >= 11 is 12.0. The Bertz CT molecular complexity index is 411. The normalized spacial score (nSPS) is 20.5. The van der Waals surface area contributed by atoms with Crippen LogP contribution in [0, 0.1) is 5.92 Å². The van der Waals surface area contributed by atoms with E-state index in [2.05, 4.69) is 11.8 Å². The van der Waals surface area contributed by atoms with Gasteiger partial charge in [-0.25, -0.2) is 0 Å². The molecule has 0 saturated carbocycles. The van der Waals surface area contributed by atoms with E-state index in [4.69, 9.17) is 27.9 Å². The Kier molecular flexibility index (Phi) is 5.80. The summed E-state index contributed by atoms with van der Waals surface area (Å²) in [7, 11) is 0. The molecule has 4 heteroatoms. The summed E-state index contributed by atoms with van der Waals surface area (Å²) in [5.41, 5.74) is 0. The number of rotatable bonds is 5. The first-order valence-electron chi connectivity index (χ1n) is 6.95. The van der Waals surface area contributed by atoms with Crippen molar-refractivity contribution in [3.8, 4) is 5.75 Å². The van der Waals surface area contributed by atoms with Gasteiger partial charge in [0.1, 0.15) is 5.75 Å². The van der Waals surface area contributed by atoms with Gasteiger partial charge in [-0.1, -0.05) is 30.1 Å². The molecule has 0 radical (unpaired) electrons. The fourth-order valence-electron chi connectivity index (χ4n) is 2.55. The van der Waals surface area contributed by atoms with E-state index in [1.165, 1.54) is 25.9 Å². The first-order valence-corrected chi connectivity index (χ1v) is 7.71. The second-order valence-corrected chi connectivity index (χ2v) is 6.17.